The monoisotopic (exact) mass is 842 g/mol. The van der Waals surface area contributed by atoms with Gasteiger partial charge in [-0.05, 0) is 108 Å². The number of hydrogen-bond acceptors (Lipinski definition) is 12. The van der Waals surface area contributed by atoms with E-state index in [1.54, 1.807) is 58.0 Å². The zero-order chi connectivity index (χ0) is 34.2. The molecule has 15 heteroatoms. The van der Waals surface area contributed by atoms with Gasteiger partial charge in [-0.2, -0.15) is 0 Å². The van der Waals surface area contributed by atoms with E-state index in [2.05, 4.69) is 48.3 Å². The van der Waals surface area contributed by atoms with Crippen molar-refractivity contribution in [2.75, 3.05) is 40.1 Å². The number of ether oxygens (including phenoxy) is 6. The molecule has 0 bridgehead atoms. The maximum Gasteiger partial charge on any atom is 0.344 e. The van der Waals surface area contributed by atoms with Crippen LogP contribution in [-0.2, 0) is 28.6 Å². The van der Waals surface area contributed by atoms with Gasteiger partial charge in [0.25, 0.3) is 5.56 Å². The van der Waals surface area contributed by atoms with Crippen LogP contribution in [0.15, 0.2) is 55.9 Å². The Kier molecular flexibility index (Phi) is 12.6. The summed E-state index contributed by atoms with van der Waals surface area (Å²) < 4.78 is 35.2. The van der Waals surface area contributed by atoms with Gasteiger partial charge in [0.05, 0.1) is 56.8 Å². The van der Waals surface area contributed by atoms with Gasteiger partial charge < -0.3 is 28.4 Å². The van der Waals surface area contributed by atoms with Gasteiger partial charge in [0.2, 0.25) is 0 Å². The minimum atomic E-state index is -0.896. The van der Waals surface area contributed by atoms with Crippen LogP contribution in [0.25, 0.3) is 6.08 Å². The first-order chi connectivity index (χ1) is 22.5. The summed E-state index contributed by atoms with van der Waals surface area (Å²) in [5, 5.41) is 0. The first-order valence-corrected chi connectivity index (χ1v) is 17.1. The standard InChI is InChI=1S/C32H32BrIN2O10S/c1-6-42-23-14-19(9-10-22(23)45-15-25(37)41-5)28-27(31(40)44-8-3)17(4)35-32-36(28)30(39)24(47-32)13-18-11-20(33)29(21(34)12-18)46-16-26(38)43-7-2/h9-14,28H,6-8,15-16H2,1-5H3/b24-13-/t28-/m0/s1. The zero-order valence-corrected chi connectivity index (χ0v) is 30.8. The van der Waals surface area contributed by atoms with Crippen LogP contribution in [0.2, 0.25) is 0 Å². The summed E-state index contributed by atoms with van der Waals surface area (Å²) in [6.07, 6.45) is 1.72. The van der Waals surface area contributed by atoms with Crippen LogP contribution >= 0.6 is 49.9 Å². The van der Waals surface area contributed by atoms with Gasteiger partial charge in [-0.25, -0.2) is 19.4 Å². The average Bonchev–Trinajstić information content (AvgIpc) is 3.33. The zero-order valence-electron chi connectivity index (χ0n) is 26.2. The van der Waals surface area contributed by atoms with Gasteiger partial charge in [0, 0.05) is 0 Å². The Labute approximate surface area is 296 Å². The molecular weight excluding hydrogens is 811 g/mol. The van der Waals surface area contributed by atoms with Crippen molar-refractivity contribution in [3.63, 3.8) is 0 Å². The molecule has 0 unspecified atom stereocenters. The molecule has 12 nitrogen and oxygen atoms in total. The van der Waals surface area contributed by atoms with Gasteiger partial charge in [0.15, 0.2) is 29.5 Å². The third-order valence-corrected chi connectivity index (χ3v) is 9.00. The quantitative estimate of drug-likeness (QED) is 0.141. The van der Waals surface area contributed by atoms with Crippen molar-refractivity contribution in [3.05, 3.63) is 80.5 Å². The molecule has 0 N–H and O–H groups in total. The number of fused-ring (bicyclic) bond motifs is 1. The second-order valence-electron chi connectivity index (χ2n) is 9.71. The molecule has 2 heterocycles. The van der Waals surface area contributed by atoms with Gasteiger partial charge in [-0.1, -0.05) is 17.4 Å². The lowest BCUT2D eigenvalue weighted by atomic mass is 9.95. The lowest BCUT2D eigenvalue weighted by Gasteiger charge is -2.25. The molecule has 1 aliphatic rings. The van der Waals surface area contributed by atoms with Crippen LogP contribution in [0.3, 0.4) is 0 Å². The largest absolute Gasteiger partial charge is 0.490 e. The molecule has 0 spiro atoms. The van der Waals surface area contributed by atoms with Gasteiger partial charge in [0.1, 0.15) is 5.75 Å². The molecule has 0 fully saturated rings. The van der Waals surface area contributed by atoms with Crippen LogP contribution in [0, 0.1) is 3.57 Å². The molecule has 0 aliphatic carbocycles. The van der Waals surface area contributed by atoms with Crippen molar-refractivity contribution in [1.29, 1.82) is 0 Å². The predicted octanol–water partition coefficient (Wildman–Crippen LogP) is 4.06. The predicted molar refractivity (Wildman–Crippen MR) is 185 cm³/mol. The van der Waals surface area contributed by atoms with E-state index in [0.29, 0.717) is 58.1 Å². The van der Waals surface area contributed by atoms with Crippen molar-refractivity contribution in [1.82, 2.24) is 4.57 Å². The molecule has 47 heavy (non-hydrogen) atoms. The maximum absolute atomic E-state index is 14.1. The summed E-state index contributed by atoms with van der Waals surface area (Å²) in [6, 6.07) is 7.68. The summed E-state index contributed by atoms with van der Waals surface area (Å²) in [4.78, 5) is 55.9. The minimum absolute atomic E-state index is 0.129. The van der Waals surface area contributed by atoms with Gasteiger partial charge >= 0.3 is 17.9 Å². The van der Waals surface area contributed by atoms with E-state index in [1.165, 1.54) is 23.0 Å². The summed E-state index contributed by atoms with van der Waals surface area (Å²) in [5.74, 6) is -0.568. The molecular formula is C32H32BrIN2O10S. The van der Waals surface area contributed by atoms with Gasteiger partial charge in [-0.15, -0.1) is 0 Å². The van der Waals surface area contributed by atoms with E-state index in [0.717, 1.165) is 0 Å². The summed E-state index contributed by atoms with van der Waals surface area (Å²) >= 11 is 6.77. The van der Waals surface area contributed by atoms with Crippen LogP contribution in [0.5, 0.6) is 17.2 Å². The number of rotatable bonds is 13. The molecule has 1 aliphatic heterocycles. The lowest BCUT2D eigenvalue weighted by Crippen LogP contribution is -2.40. The second-order valence-corrected chi connectivity index (χ2v) is 12.7. The molecule has 2 aromatic carbocycles. The fraction of sp³-hybridized carbons (Fsp3) is 0.344. The number of aromatic nitrogens is 1. The van der Waals surface area contributed by atoms with Crippen molar-refractivity contribution in [3.8, 4) is 17.2 Å². The highest BCUT2D eigenvalue weighted by molar-refractivity contribution is 14.1. The van der Waals surface area contributed by atoms with E-state index in [4.69, 9.17) is 23.7 Å². The number of carbonyl (C=O) groups is 3. The number of thiazole rings is 1. The normalized spacial score (nSPS) is 14.2. The Balaban J connectivity index is 1.82. The van der Waals surface area contributed by atoms with Crippen LogP contribution < -0.4 is 29.1 Å². The molecule has 0 saturated carbocycles. The Morgan fingerprint density at radius 1 is 0.979 bits per heavy atom. The highest BCUT2D eigenvalue weighted by Crippen LogP contribution is 2.37. The van der Waals surface area contributed by atoms with Crippen LogP contribution in [0.4, 0.5) is 0 Å². The van der Waals surface area contributed by atoms with E-state index in [1.807, 2.05) is 6.07 Å². The average molecular weight is 843 g/mol. The number of esters is 3. The molecule has 250 valence electrons. The Bertz CT molecular complexity index is 1880. The van der Waals surface area contributed by atoms with E-state index in [-0.39, 0.29) is 37.6 Å². The highest BCUT2D eigenvalue weighted by Gasteiger charge is 2.34. The van der Waals surface area contributed by atoms with Crippen LogP contribution in [-0.4, -0.2) is 62.6 Å². The number of carbonyl (C=O) groups excluding carboxylic acids is 3. The summed E-state index contributed by atoms with van der Waals surface area (Å²) in [5.41, 5.74) is 1.48. The number of allylic oxidation sites excluding steroid dienone is 1. The fourth-order valence-electron chi connectivity index (χ4n) is 4.67. The summed E-state index contributed by atoms with van der Waals surface area (Å²) in [7, 11) is 1.26. The smallest absolute Gasteiger partial charge is 0.344 e. The Morgan fingerprint density at radius 3 is 2.36 bits per heavy atom. The SMILES string of the molecule is CCOC(=O)COc1c(Br)cc(/C=c2\sc3n(c2=O)[C@@H](c2ccc(OCC(=O)OC)c(OCC)c2)C(C(=O)OCC)=C(C)N=3)cc1I. The van der Waals surface area contributed by atoms with Crippen molar-refractivity contribution in [2.45, 2.75) is 33.7 Å². The van der Waals surface area contributed by atoms with Crippen LogP contribution in [0.1, 0.15) is 44.9 Å². The molecule has 4 rings (SSSR count). The second kappa shape index (κ2) is 16.4. The molecule has 1 aromatic heterocycles. The van der Waals surface area contributed by atoms with Crippen molar-refractivity contribution >= 4 is 73.8 Å². The Morgan fingerprint density at radius 2 is 1.70 bits per heavy atom. The van der Waals surface area contributed by atoms with E-state index < -0.39 is 23.9 Å². The highest BCUT2D eigenvalue weighted by atomic mass is 127. The van der Waals surface area contributed by atoms with Crippen molar-refractivity contribution in [2.24, 2.45) is 4.99 Å². The maximum atomic E-state index is 14.1. The molecule has 0 amide bonds. The number of nitrogens with zero attached hydrogens (tertiary/aromatic N) is 2. The third kappa shape index (κ3) is 8.43. The number of methoxy groups -OCH3 is 1. The molecule has 3 aromatic rings. The number of hydrogen-bond donors (Lipinski definition) is 0. The molecule has 0 radical (unpaired) electrons. The van der Waals surface area contributed by atoms with E-state index >= 15 is 0 Å². The topological polar surface area (TPSA) is 141 Å². The number of halogens is 2. The molecule has 1 atom stereocenters. The Hall–Kier alpha value is -3.70. The lowest BCUT2D eigenvalue weighted by molar-refractivity contribution is -0.145. The molecule has 0 saturated heterocycles. The fourth-order valence-corrected chi connectivity index (χ4v) is 7.49. The number of benzene rings is 2. The van der Waals surface area contributed by atoms with Gasteiger partial charge in [-0.3, -0.25) is 9.36 Å². The summed E-state index contributed by atoms with van der Waals surface area (Å²) in [6.45, 7) is 7.02. The van der Waals surface area contributed by atoms with E-state index in [9.17, 15) is 19.2 Å². The minimum Gasteiger partial charge on any atom is -0.490 e. The van der Waals surface area contributed by atoms with Crippen molar-refractivity contribution < 1.29 is 42.8 Å². The first-order valence-electron chi connectivity index (χ1n) is 14.5. The third-order valence-electron chi connectivity index (χ3n) is 6.63. The first kappa shape index (κ1) is 36.1.